The number of nitrogens with zero attached hydrogens (tertiary/aromatic N) is 3. The van der Waals surface area contributed by atoms with Crippen LogP contribution in [0.4, 0.5) is 19.0 Å². The third-order valence-electron chi connectivity index (χ3n) is 3.57. The van der Waals surface area contributed by atoms with Gasteiger partial charge in [-0.05, 0) is 18.9 Å². The summed E-state index contributed by atoms with van der Waals surface area (Å²) in [5.41, 5.74) is -1.05. The predicted octanol–water partition coefficient (Wildman–Crippen LogP) is 1.95. The maximum Gasteiger partial charge on any atom is 0.420 e. The van der Waals surface area contributed by atoms with Gasteiger partial charge in [-0.15, -0.1) is 6.42 Å². The van der Waals surface area contributed by atoms with Crippen molar-refractivity contribution >= 4 is 15.8 Å². The molecule has 1 aliphatic rings. The van der Waals surface area contributed by atoms with E-state index in [0.717, 1.165) is 23.3 Å². The van der Waals surface area contributed by atoms with Gasteiger partial charge in [-0.1, -0.05) is 5.92 Å². The van der Waals surface area contributed by atoms with Crippen LogP contribution >= 0.6 is 0 Å². The number of halogens is 3. The quantitative estimate of drug-likeness (QED) is 0.782. The van der Waals surface area contributed by atoms with E-state index in [1.54, 1.807) is 0 Å². The molecule has 0 unspecified atom stereocenters. The van der Waals surface area contributed by atoms with Gasteiger partial charge in [0, 0.05) is 26.3 Å². The maximum atomic E-state index is 13.3. The summed E-state index contributed by atoms with van der Waals surface area (Å²) in [7, 11) is -2.91. The fraction of sp³-hybridized carbons (Fsp3) is 0.500. The van der Waals surface area contributed by atoms with Crippen molar-refractivity contribution in [1.29, 1.82) is 0 Å². The monoisotopic (exact) mass is 347 g/mol. The number of terminal acetylenes is 1. The van der Waals surface area contributed by atoms with Crippen LogP contribution in [0.3, 0.4) is 0 Å². The second-order valence-electron chi connectivity index (χ2n) is 5.20. The van der Waals surface area contributed by atoms with E-state index in [2.05, 4.69) is 10.9 Å². The summed E-state index contributed by atoms with van der Waals surface area (Å²) in [6.07, 6.45) is 2.87. The minimum absolute atomic E-state index is 0.228. The molecule has 0 spiro atoms. The molecule has 1 saturated heterocycles. The largest absolute Gasteiger partial charge is 0.420 e. The SMILES string of the molecule is C#CCN(C)S(=O)(=O)c1cnc(N2CCCC2)c(C(F)(F)F)c1. The third kappa shape index (κ3) is 3.59. The van der Waals surface area contributed by atoms with Crippen LogP contribution in [0.1, 0.15) is 18.4 Å². The molecule has 1 aliphatic heterocycles. The fourth-order valence-corrected chi connectivity index (χ4v) is 3.42. The first kappa shape index (κ1) is 17.6. The Morgan fingerprint density at radius 3 is 2.52 bits per heavy atom. The standard InChI is InChI=1S/C14H16F3N3O2S/c1-3-6-19(2)23(21,22)11-9-12(14(15,16)17)13(18-10-11)20-7-4-5-8-20/h1,9-10H,4-8H2,2H3. The van der Waals surface area contributed by atoms with Gasteiger partial charge in [0.25, 0.3) is 0 Å². The van der Waals surface area contributed by atoms with Gasteiger partial charge < -0.3 is 4.90 Å². The van der Waals surface area contributed by atoms with Crippen LogP contribution in [-0.4, -0.2) is 44.4 Å². The Kier molecular flexibility index (Phi) is 4.87. The number of alkyl halides is 3. The summed E-state index contributed by atoms with van der Waals surface area (Å²) in [5, 5.41) is 0. The van der Waals surface area contributed by atoms with E-state index in [9.17, 15) is 21.6 Å². The van der Waals surface area contributed by atoms with Crippen molar-refractivity contribution in [2.24, 2.45) is 0 Å². The molecule has 0 radical (unpaired) electrons. The lowest BCUT2D eigenvalue weighted by Gasteiger charge is -2.22. The Hall–Kier alpha value is -1.79. The van der Waals surface area contributed by atoms with Crippen molar-refractivity contribution in [2.45, 2.75) is 23.9 Å². The molecule has 9 heteroatoms. The van der Waals surface area contributed by atoms with E-state index in [0.29, 0.717) is 19.2 Å². The highest BCUT2D eigenvalue weighted by atomic mass is 32.2. The molecule has 0 N–H and O–H groups in total. The fourth-order valence-electron chi connectivity index (χ4n) is 2.36. The van der Waals surface area contributed by atoms with Crippen LogP contribution in [0, 0.1) is 12.3 Å². The molecule has 2 rings (SSSR count). The molecule has 1 aromatic rings. The second kappa shape index (κ2) is 6.37. The first-order chi connectivity index (χ1) is 10.7. The highest BCUT2D eigenvalue weighted by molar-refractivity contribution is 7.89. The maximum absolute atomic E-state index is 13.3. The van der Waals surface area contributed by atoms with Crippen LogP contribution in [0.15, 0.2) is 17.2 Å². The number of pyridine rings is 1. The molecular weight excluding hydrogens is 331 g/mol. The zero-order valence-corrected chi connectivity index (χ0v) is 13.3. The Bertz CT molecular complexity index is 720. The van der Waals surface area contributed by atoms with E-state index < -0.39 is 26.7 Å². The Labute approximate surface area is 133 Å². The van der Waals surface area contributed by atoms with E-state index in [1.165, 1.54) is 11.9 Å². The number of sulfonamides is 1. The first-order valence-corrected chi connectivity index (χ1v) is 8.34. The van der Waals surface area contributed by atoms with Gasteiger partial charge >= 0.3 is 6.18 Å². The molecule has 0 aromatic carbocycles. The molecule has 0 aliphatic carbocycles. The van der Waals surface area contributed by atoms with Gasteiger partial charge in [0.1, 0.15) is 10.7 Å². The zero-order valence-electron chi connectivity index (χ0n) is 12.5. The Balaban J connectivity index is 2.51. The van der Waals surface area contributed by atoms with Gasteiger partial charge in [-0.3, -0.25) is 0 Å². The van der Waals surface area contributed by atoms with Crippen molar-refractivity contribution in [3.63, 3.8) is 0 Å². The number of anilines is 1. The van der Waals surface area contributed by atoms with Crippen LogP contribution in [0.5, 0.6) is 0 Å². The smallest absolute Gasteiger partial charge is 0.356 e. The minimum atomic E-state index is -4.69. The van der Waals surface area contributed by atoms with Crippen molar-refractivity contribution in [3.05, 3.63) is 17.8 Å². The lowest BCUT2D eigenvalue weighted by atomic mass is 10.2. The summed E-state index contributed by atoms with van der Waals surface area (Å²) in [4.78, 5) is 4.78. The highest BCUT2D eigenvalue weighted by Crippen LogP contribution is 2.37. The average molecular weight is 347 g/mol. The zero-order chi connectivity index (χ0) is 17.3. The molecule has 23 heavy (non-hydrogen) atoms. The topological polar surface area (TPSA) is 53.5 Å². The number of rotatable bonds is 4. The second-order valence-corrected chi connectivity index (χ2v) is 7.24. The van der Waals surface area contributed by atoms with Crippen molar-refractivity contribution in [1.82, 2.24) is 9.29 Å². The average Bonchev–Trinajstić information content (AvgIpc) is 3.00. The normalized spacial score (nSPS) is 15.9. The van der Waals surface area contributed by atoms with Crippen LogP contribution in [0.25, 0.3) is 0 Å². The van der Waals surface area contributed by atoms with E-state index >= 15 is 0 Å². The number of aromatic nitrogens is 1. The first-order valence-electron chi connectivity index (χ1n) is 6.90. The van der Waals surface area contributed by atoms with Crippen molar-refractivity contribution < 1.29 is 21.6 Å². The van der Waals surface area contributed by atoms with Crippen molar-refractivity contribution in [3.8, 4) is 12.3 Å². The molecule has 0 atom stereocenters. The van der Waals surface area contributed by atoms with E-state index in [-0.39, 0.29) is 12.4 Å². The van der Waals surface area contributed by atoms with Gasteiger partial charge in [0.05, 0.1) is 12.1 Å². The minimum Gasteiger partial charge on any atom is -0.356 e. The molecule has 0 amide bonds. The van der Waals surface area contributed by atoms with Gasteiger partial charge in [-0.2, -0.15) is 17.5 Å². The summed E-state index contributed by atoms with van der Waals surface area (Å²) < 4.78 is 65.2. The third-order valence-corrected chi connectivity index (χ3v) is 5.34. The molecule has 126 valence electrons. The lowest BCUT2D eigenvalue weighted by Crippen LogP contribution is -2.29. The summed E-state index contributed by atoms with van der Waals surface area (Å²) in [6.45, 7) is 0.704. The lowest BCUT2D eigenvalue weighted by molar-refractivity contribution is -0.137. The molecule has 0 bridgehead atoms. The molecule has 1 aromatic heterocycles. The van der Waals surface area contributed by atoms with Crippen molar-refractivity contribution in [2.75, 3.05) is 31.6 Å². The molecule has 1 fully saturated rings. The van der Waals surface area contributed by atoms with Crippen LogP contribution < -0.4 is 4.90 Å². The molecule has 2 heterocycles. The van der Waals surface area contributed by atoms with Gasteiger partial charge in [-0.25, -0.2) is 13.4 Å². The van der Waals surface area contributed by atoms with Gasteiger partial charge in [0.15, 0.2) is 0 Å². The molecule has 5 nitrogen and oxygen atoms in total. The summed E-state index contributed by atoms with van der Waals surface area (Å²) in [5.74, 6) is 1.91. The van der Waals surface area contributed by atoms with Crippen LogP contribution in [0.2, 0.25) is 0 Å². The Morgan fingerprint density at radius 1 is 1.39 bits per heavy atom. The number of hydrogen-bond donors (Lipinski definition) is 0. The van der Waals surface area contributed by atoms with E-state index in [4.69, 9.17) is 6.42 Å². The predicted molar refractivity (Wildman–Crippen MR) is 79.3 cm³/mol. The number of hydrogen-bond acceptors (Lipinski definition) is 4. The molecule has 0 saturated carbocycles. The Morgan fingerprint density at radius 2 is 2.00 bits per heavy atom. The van der Waals surface area contributed by atoms with Gasteiger partial charge in [0.2, 0.25) is 10.0 Å². The highest BCUT2D eigenvalue weighted by Gasteiger charge is 2.38. The summed E-state index contributed by atoms with van der Waals surface area (Å²) >= 11 is 0. The van der Waals surface area contributed by atoms with E-state index in [1.807, 2.05) is 0 Å². The molecular formula is C14H16F3N3O2S. The van der Waals surface area contributed by atoms with Crippen LogP contribution in [-0.2, 0) is 16.2 Å². The summed E-state index contributed by atoms with van der Waals surface area (Å²) in [6, 6.07) is 0.628.